The molecular weight excluding hydrogens is 302 g/mol. The number of nitrogens with two attached hydrogens (primary N) is 1. The molecule has 0 aliphatic carbocycles. The van der Waals surface area contributed by atoms with Gasteiger partial charge in [0.05, 0.1) is 0 Å². The summed E-state index contributed by atoms with van der Waals surface area (Å²) >= 11 is 2.99. The zero-order valence-electron chi connectivity index (χ0n) is 11.3. The van der Waals surface area contributed by atoms with Crippen LogP contribution < -0.4 is 5.73 Å². The van der Waals surface area contributed by atoms with E-state index in [9.17, 15) is 8.78 Å². The van der Waals surface area contributed by atoms with Gasteiger partial charge in [-0.2, -0.15) is 0 Å². The quantitative estimate of drug-likeness (QED) is 0.829. The molecule has 0 amide bonds. The number of hydrogen-bond acceptors (Lipinski definition) is 2. The highest BCUT2D eigenvalue weighted by atomic mass is 79.9. The Morgan fingerprint density at radius 2 is 1.94 bits per heavy atom. The van der Waals surface area contributed by atoms with Gasteiger partial charge in [0.1, 0.15) is 4.60 Å². The second kappa shape index (κ2) is 7.79. The first-order valence-electron chi connectivity index (χ1n) is 5.80. The number of hydrogen-bond donors (Lipinski definition) is 1. The van der Waals surface area contributed by atoms with Crippen molar-refractivity contribution < 1.29 is 8.78 Å². The Morgan fingerprint density at radius 1 is 1.39 bits per heavy atom. The molecular formula is C13H21BrF2N2. The lowest BCUT2D eigenvalue weighted by atomic mass is 9.94. The molecule has 2 nitrogen and oxygen atoms in total. The van der Waals surface area contributed by atoms with Gasteiger partial charge >= 0.3 is 0 Å². The fourth-order valence-electron chi connectivity index (χ4n) is 1.61. The Hall–Kier alpha value is -0.550. The maximum atomic E-state index is 11.9. The van der Waals surface area contributed by atoms with Crippen molar-refractivity contribution in [1.29, 1.82) is 0 Å². The van der Waals surface area contributed by atoms with Gasteiger partial charge in [-0.25, -0.2) is 13.8 Å². The molecule has 1 aromatic rings. The Balaban J connectivity index is 0.000000331. The van der Waals surface area contributed by atoms with Crippen LogP contribution in [0.2, 0.25) is 0 Å². The van der Waals surface area contributed by atoms with Crippen LogP contribution in [0.4, 0.5) is 8.78 Å². The Morgan fingerprint density at radius 3 is 2.17 bits per heavy atom. The van der Waals surface area contributed by atoms with Gasteiger partial charge in [-0.15, -0.1) is 0 Å². The summed E-state index contributed by atoms with van der Waals surface area (Å²) < 4.78 is 24.2. The minimum Gasteiger partial charge on any atom is -0.326 e. The molecule has 0 bridgehead atoms. The monoisotopic (exact) mass is 322 g/mol. The maximum absolute atomic E-state index is 11.9. The van der Waals surface area contributed by atoms with Crippen molar-refractivity contribution >= 4 is 15.9 Å². The zero-order valence-corrected chi connectivity index (χ0v) is 12.8. The minimum absolute atomic E-state index is 0.0122. The Kier molecular flexibility index (Phi) is 7.55. The molecule has 0 saturated carbocycles. The number of aromatic nitrogens is 1. The normalized spacial score (nSPS) is 11.4. The molecule has 0 spiro atoms. The third-order valence-electron chi connectivity index (χ3n) is 1.94. The SMILES string of the molecule is CC(C)CC(C)(C)N.FC(F)c1ccnc(Br)c1. The highest BCUT2D eigenvalue weighted by molar-refractivity contribution is 9.10. The molecule has 0 saturated heterocycles. The number of pyridine rings is 1. The number of halogens is 3. The largest absolute Gasteiger partial charge is 0.326 e. The molecule has 1 aromatic heterocycles. The summed E-state index contributed by atoms with van der Waals surface area (Å²) in [5, 5.41) is 0. The van der Waals surface area contributed by atoms with Crippen molar-refractivity contribution in [3.8, 4) is 0 Å². The second-order valence-corrected chi connectivity index (χ2v) is 6.11. The first kappa shape index (κ1) is 17.4. The molecule has 2 N–H and O–H groups in total. The third-order valence-corrected chi connectivity index (χ3v) is 2.37. The summed E-state index contributed by atoms with van der Waals surface area (Å²) in [5.41, 5.74) is 5.75. The van der Waals surface area contributed by atoms with Gasteiger partial charge in [-0.05, 0) is 54.2 Å². The molecule has 1 rings (SSSR count). The molecule has 0 unspecified atom stereocenters. The molecule has 1 heterocycles. The van der Waals surface area contributed by atoms with E-state index < -0.39 is 6.43 Å². The van der Waals surface area contributed by atoms with Gasteiger partial charge in [0, 0.05) is 17.3 Å². The van der Waals surface area contributed by atoms with Crippen LogP contribution in [0.15, 0.2) is 22.9 Å². The molecule has 5 heteroatoms. The van der Waals surface area contributed by atoms with Crippen molar-refractivity contribution in [1.82, 2.24) is 4.98 Å². The first-order chi connectivity index (χ1) is 8.11. The van der Waals surface area contributed by atoms with E-state index in [1.54, 1.807) is 0 Å². The zero-order chi connectivity index (χ0) is 14.3. The van der Waals surface area contributed by atoms with Crippen molar-refractivity contribution in [2.45, 2.75) is 46.1 Å². The van der Waals surface area contributed by atoms with Gasteiger partial charge in [-0.3, -0.25) is 0 Å². The van der Waals surface area contributed by atoms with Crippen molar-refractivity contribution in [2.75, 3.05) is 0 Å². The number of rotatable bonds is 3. The van der Waals surface area contributed by atoms with Crippen LogP contribution in [0.5, 0.6) is 0 Å². The smallest absolute Gasteiger partial charge is 0.263 e. The van der Waals surface area contributed by atoms with E-state index in [4.69, 9.17) is 5.73 Å². The summed E-state index contributed by atoms with van der Waals surface area (Å²) in [5.74, 6) is 0.718. The average Bonchev–Trinajstić information content (AvgIpc) is 2.14. The highest BCUT2D eigenvalue weighted by Crippen LogP contribution is 2.19. The van der Waals surface area contributed by atoms with Crippen LogP contribution in [0, 0.1) is 5.92 Å². The molecule has 0 radical (unpaired) electrons. The molecule has 0 atom stereocenters. The minimum atomic E-state index is -2.42. The van der Waals surface area contributed by atoms with Gasteiger partial charge in [0.2, 0.25) is 0 Å². The van der Waals surface area contributed by atoms with Gasteiger partial charge in [0.15, 0.2) is 0 Å². The van der Waals surface area contributed by atoms with Gasteiger partial charge < -0.3 is 5.73 Å². The molecule has 0 aromatic carbocycles. The van der Waals surface area contributed by atoms with Crippen LogP contribution in [0.1, 0.15) is 46.1 Å². The highest BCUT2D eigenvalue weighted by Gasteiger charge is 2.11. The topological polar surface area (TPSA) is 38.9 Å². The number of nitrogens with zero attached hydrogens (tertiary/aromatic N) is 1. The van der Waals surface area contributed by atoms with Crippen molar-refractivity contribution in [2.24, 2.45) is 11.7 Å². The van der Waals surface area contributed by atoms with E-state index >= 15 is 0 Å². The lowest BCUT2D eigenvalue weighted by molar-refractivity contribution is 0.151. The predicted molar refractivity (Wildman–Crippen MR) is 74.6 cm³/mol. The summed E-state index contributed by atoms with van der Waals surface area (Å²) in [4.78, 5) is 3.71. The van der Waals surface area contributed by atoms with Crippen molar-refractivity contribution in [3.05, 3.63) is 28.5 Å². The maximum Gasteiger partial charge on any atom is 0.263 e. The van der Waals surface area contributed by atoms with E-state index in [1.165, 1.54) is 18.3 Å². The molecule has 0 aliphatic heterocycles. The van der Waals surface area contributed by atoms with E-state index in [0.717, 1.165) is 12.3 Å². The van der Waals surface area contributed by atoms with Crippen LogP contribution in [0.3, 0.4) is 0 Å². The van der Waals surface area contributed by atoms with Crippen LogP contribution in [0.25, 0.3) is 0 Å². The summed E-state index contributed by atoms with van der Waals surface area (Å²) in [6, 6.07) is 2.58. The number of alkyl halides is 2. The fraction of sp³-hybridized carbons (Fsp3) is 0.615. The standard InChI is InChI=1S/C7H17N.C6H4BrF2N/c1-6(2)5-7(3,4)8;7-5-3-4(6(8)9)1-2-10-5/h6H,5,8H2,1-4H3;1-3,6H. The summed E-state index contributed by atoms with van der Waals surface area (Å²) in [6.07, 6.45) is 0.0257. The van der Waals surface area contributed by atoms with E-state index in [-0.39, 0.29) is 11.1 Å². The lowest BCUT2D eigenvalue weighted by Gasteiger charge is -2.20. The summed E-state index contributed by atoms with van der Waals surface area (Å²) in [7, 11) is 0. The average molecular weight is 323 g/mol. The van der Waals surface area contributed by atoms with Crippen LogP contribution in [-0.2, 0) is 0 Å². The van der Waals surface area contributed by atoms with Crippen LogP contribution in [-0.4, -0.2) is 10.5 Å². The Labute approximate surface area is 116 Å². The van der Waals surface area contributed by atoms with Gasteiger partial charge in [-0.1, -0.05) is 13.8 Å². The third kappa shape index (κ3) is 9.48. The molecule has 18 heavy (non-hydrogen) atoms. The van der Waals surface area contributed by atoms with E-state index in [1.807, 2.05) is 0 Å². The van der Waals surface area contributed by atoms with Gasteiger partial charge in [0.25, 0.3) is 6.43 Å². The molecule has 104 valence electrons. The first-order valence-corrected chi connectivity index (χ1v) is 6.59. The van der Waals surface area contributed by atoms with E-state index in [0.29, 0.717) is 4.60 Å². The Bertz CT molecular complexity index is 349. The van der Waals surface area contributed by atoms with Crippen molar-refractivity contribution in [3.63, 3.8) is 0 Å². The lowest BCUT2D eigenvalue weighted by Crippen LogP contribution is -2.33. The second-order valence-electron chi connectivity index (χ2n) is 5.30. The van der Waals surface area contributed by atoms with E-state index in [2.05, 4.69) is 48.6 Å². The molecule has 0 aliphatic rings. The predicted octanol–water partition coefficient (Wildman–Crippen LogP) is 4.55. The summed E-state index contributed by atoms with van der Waals surface area (Å²) in [6.45, 7) is 8.50. The fourth-order valence-corrected chi connectivity index (χ4v) is 1.99. The van der Waals surface area contributed by atoms with Crippen LogP contribution >= 0.6 is 15.9 Å². The molecule has 0 fully saturated rings.